The summed E-state index contributed by atoms with van der Waals surface area (Å²) in [7, 11) is 0. The fourth-order valence-corrected chi connectivity index (χ4v) is 5.48. The number of para-hydroxylation sites is 1. The molecule has 160 valence electrons. The van der Waals surface area contributed by atoms with E-state index in [0.29, 0.717) is 17.3 Å². The predicted molar refractivity (Wildman–Crippen MR) is 139 cm³/mol. The van der Waals surface area contributed by atoms with E-state index in [1.54, 1.807) is 11.8 Å². The van der Waals surface area contributed by atoms with E-state index in [9.17, 15) is 5.11 Å². The van der Waals surface area contributed by atoms with E-state index in [2.05, 4.69) is 50.8 Å². The van der Waals surface area contributed by atoms with Crippen LogP contribution in [-0.2, 0) is 6.54 Å². The van der Waals surface area contributed by atoms with Crippen molar-refractivity contribution in [1.82, 2.24) is 9.55 Å². The average molecular weight is 524 g/mol. The van der Waals surface area contributed by atoms with E-state index >= 15 is 0 Å². The van der Waals surface area contributed by atoms with Crippen LogP contribution in [0.25, 0.3) is 33.1 Å². The van der Waals surface area contributed by atoms with Gasteiger partial charge >= 0.3 is 0 Å². The van der Waals surface area contributed by atoms with E-state index in [4.69, 9.17) is 16.6 Å². The summed E-state index contributed by atoms with van der Waals surface area (Å²) in [6, 6.07) is 26.2. The molecule has 0 aliphatic rings. The van der Waals surface area contributed by atoms with E-state index in [1.807, 2.05) is 54.7 Å². The van der Waals surface area contributed by atoms with Gasteiger partial charge in [-0.1, -0.05) is 63.9 Å². The van der Waals surface area contributed by atoms with E-state index in [0.717, 1.165) is 42.4 Å². The Morgan fingerprint density at radius 2 is 1.81 bits per heavy atom. The standard InChI is InChI=1S/C26H20BrClN2OS/c27-18-9-10-25-17(13-18)11-12-30(25)15-19(31)16-32-26-14-24(20-5-1-3-7-22(20)28)29-23-8-4-2-6-21(23)26/h1-14,19,31H,15-16H2. The van der Waals surface area contributed by atoms with Crippen molar-refractivity contribution in [3.05, 3.63) is 94.6 Å². The van der Waals surface area contributed by atoms with Gasteiger partial charge in [0.05, 0.1) is 17.3 Å². The zero-order chi connectivity index (χ0) is 22.1. The van der Waals surface area contributed by atoms with Crippen LogP contribution in [0.2, 0.25) is 5.02 Å². The molecule has 0 radical (unpaired) electrons. The van der Waals surface area contributed by atoms with Crippen molar-refractivity contribution in [2.45, 2.75) is 17.5 Å². The van der Waals surface area contributed by atoms with Crippen molar-refractivity contribution >= 4 is 61.1 Å². The Labute approximate surface area is 204 Å². The zero-order valence-corrected chi connectivity index (χ0v) is 20.2. The molecule has 0 aliphatic carbocycles. The van der Waals surface area contributed by atoms with Gasteiger partial charge in [0.1, 0.15) is 0 Å². The molecule has 0 amide bonds. The summed E-state index contributed by atoms with van der Waals surface area (Å²) in [4.78, 5) is 5.92. The number of pyridine rings is 1. The predicted octanol–water partition coefficient (Wildman–Crippen LogP) is 7.43. The molecule has 2 heterocycles. The van der Waals surface area contributed by atoms with Crippen molar-refractivity contribution in [1.29, 1.82) is 0 Å². The van der Waals surface area contributed by atoms with Gasteiger partial charge in [-0.05, 0) is 42.5 Å². The first-order chi connectivity index (χ1) is 15.6. The maximum atomic E-state index is 10.8. The lowest BCUT2D eigenvalue weighted by Crippen LogP contribution is -2.17. The number of hydrogen-bond acceptors (Lipinski definition) is 3. The summed E-state index contributed by atoms with van der Waals surface area (Å²) in [5.74, 6) is 0.576. The van der Waals surface area contributed by atoms with Gasteiger partial charge in [0, 0.05) is 54.7 Å². The highest BCUT2D eigenvalue weighted by Crippen LogP contribution is 2.34. The van der Waals surface area contributed by atoms with Crippen molar-refractivity contribution in [3.8, 4) is 11.3 Å². The van der Waals surface area contributed by atoms with Crippen LogP contribution >= 0.6 is 39.3 Å². The van der Waals surface area contributed by atoms with Crippen LogP contribution in [0.5, 0.6) is 0 Å². The highest BCUT2D eigenvalue weighted by atomic mass is 79.9. The van der Waals surface area contributed by atoms with Crippen molar-refractivity contribution in [3.63, 3.8) is 0 Å². The highest BCUT2D eigenvalue weighted by molar-refractivity contribution is 9.10. The maximum Gasteiger partial charge on any atom is 0.0812 e. The largest absolute Gasteiger partial charge is 0.390 e. The van der Waals surface area contributed by atoms with Crippen LogP contribution in [0.15, 0.2) is 94.4 Å². The number of halogens is 2. The van der Waals surface area contributed by atoms with Crippen LogP contribution in [0, 0.1) is 0 Å². The van der Waals surface area contributed by atoms with Crippen LogP contribution in [0.3, 0.4) is 0 Å². The molecule has 2 aromatic heterocycles. The Kier molecular flexibility index (Phi) is 6.24. The minimum atomic E-state index is -0.491. The van der Waals surface area contributed by atoms with Crippen LogP contribution in [0.4, 0.5) is 0 Å². The second-order valence-electron chi connectivity index (χ2n) is 7.64. The van der Waals surface area contributed by atoms with Gasteiger partial charge in [-0.2, -0.15) is 0 Å². The number of aromatic nitrogens is 2. The van der Waals surface area contributed by atoms with Gasteiger partial charge in [-0.3, -0.25) is 0 Å². The maximum absolute atomic E-state index is 10.8. The number of hydrogen-bond donors (Lipinski definition) is 1. The minimum absolute atomic E-state index is 0.491. The Morgan fingerprint density at radius 3 is 2.69 bits per heavy atom. The smallest absolute Gasteiger partial charge is 0.0812 e. The van der Waals surface area contributed by atoms with Crippen molar-refractivity contribution < 1.29 is 5.11 Å². The molecule has 0 saturated heterocycles. The van der Waals surface area contributed by atoms with Gasteiger partial charge in [0.25, 0.3) is 0 Å². The fourth-order valence-electron chi connectivity index (χ4n) is 3.87. The lowest BCUT2D eigenvalue weighted by molar-refractivity contribution is 0.180. The van der Waals surface area contributed by atoms with Crippen molar-refractivity contribution in [2.75, 3.05) is 5.75 Å². The summed E-state index contributed by atoms with van der Waals surface area (Å²) in [6.07, 6.45) is 1.54. The molecule has 6 heteroatoms. The van der Waals surface area contributed by atoms with Gasteiger partial charge < -0.3 is 9.67 Å². The Bertz CT molecular complexity index is 1420. The quantitative estimate of drug-likeness (QED) is 0.235. The summed E-state index contributed by atoms with van der Waals surface area (Å²) in [5.41, 5.74) is 3.79. The summed E-state index contributed by atoms with van der Waals surface area (Å²) in [5, 5.41) is 13.7. The Morgan fingerprint density at radius 1 is 1.00 bits per heavy atom. The highest BCUT2D eigenvalue weighted by Gasteiger charge is 2.13. The SMILES string of the molecule is OC(CSc1cc(-c2ccccc2Cl)nc2ccccc12)Cn1ccc2cc(Br)ccc21. The third-order valence-corrected chi connectivity index (χ3v) is 7.42. The normalized spacial score (nSPS) is 12.5. The molecule has 3 nitrogen and oxygen atoms in total. The minimum Gasteiger partial charge on any atom is -0.390 e. The molecule has 32 heavy (non-hydrogen) atoms. The lowest BCUT2D eigenvalue weighted by atomic mass is 10.1. The summed E-state index contributed by atoms with van der Waals surface area (Å²) >= 11 is 11.6. The van der Waals surface area contributed by atoms with E-state index < -0.39 is 6.10 Å². The molecule has 0 fully saturated rings. The average Bonchev–Trinajstić information content (AvgIpc) is 3.19. The van der Waals surface area contributed by atoms with Crippen LogP contribution in [-0.4, -0.2) is 26.5 Å². The van der Waals surface area contributed by atoms with E-state index in [-0.39, 0.29) is 0 Å². The Balaban J connectivity index is 1.40. The first-order valence-electron chi connectivity index (χ1n) is 10.3. The molecule has 0 saturated carbocycles. The van der Waals surface area contributed by atoms with Gasteiger partial charge in [-0.15, -0.1) is 11.8 Å². The topological polar surface area (TPSA) is 38.1 Å². The molecule has 1 unspecified atom stereocenters. The number of benzene rings is 3. The van der Waals surface area contributed by atoms with Gasteiger partial charge in [-0.25, -0.2) is 4.98 Å². The van der Waals surface area contributed by atoms with Crippen LogP contribution < -0.4 is 0 Å². The summed E-state index contributed by atoms with van der Waals surface area (Å²) in [6.45, 7) is 0.540. The number of rotatable bonds is 6. The molecule has 5 rings (SSSR count). The van der Waals surface area contributed by atoms with Gasteiger partial charge in [0.2, 0.25) is 0 Å². The van der Waals surface area contributed by atoms with Gasteiger partial charge in [0.15, 0.2) is 0 Å². The second-order valence-corrected chi connectivity index (χ2v) is 10.0. The van der Waals surface area contributed by atoms with E-state index in [1.165, 1.54) is 0 Å². The number of fused-ring (bicyclic) bond motifs is 2. The molecule has 1 atom stereocenters. The summed E-state index contributed by atoms with van der Waals surface area (Å²) < 4.78 is 3.16. The third-order valence-electron chi connectivity index (χ3n) is 5.40. The number of aliphatic hydroxyl groups excluding tert-OH is 1. The van der Waals surface area contributed by atoms with Crippen molar-refractivity contribution in [2.24, 2.45) is 0 Å². The number of aliphatic hydroxyl groups is 1. The molecular formula is C26H20BrClN2OS. The second kappa shape index (κ2) is 9.28. The molecule has 0 bridgehead atoms. The monoisotopic (exact) mass is 522 g/mol. The molecule has 3 aromatic carbocycles. The Hall–Kier alpha value is -2.31. The molecule has 1 N–H and O–H groups in total. The number of nitrogens with zero attached hydrogens (tertiary/aromatic N) is 2. The van der Waals surface area contributed by atoms with Crippen LogP contribution in [0.1, 0.15) is 0 Å². The lowest BCUT2D eigenvalue weighted by Gasteiger charge is -2.15. The fraction of sp³-hybridized carbons (Fsp3) is 0.115. The first-order valence-corrected chi connectivity index (χ1v) is 12.4. The third kappa shape index (κ3) is 4.44. The first kappa shape index (κ1) is 21.5. The molecule has 5 aromatic rings. The molecule has 0 spiro atoms. The zero-order valence-electron chi connectivity index (χ0n) is 17.1. The molecular weight excluding hydrogens is 504 g/mol. The molecule has 0 aliphatic heterocycles. The number of thioether (sulfide) groups is 1.